The van der Waals surface area contributed by atoms with Crippen LogP contribution in [0.2, 0.25) is 18.1 Å². The monoisotopic (exact) mass is 544 g/mol. The quantitative estimate of drug-likeness (QED) is 0.144. The van der Waals surface area contributed by atoms with E-state index in [-0.39, 0.29) is 22.5 Å². The van der Waals surface area contributed by atoms with Gasteiger partial charge in [-0.2, -0.15) is 0 Å². The van der Waals surface area contributed by atoms with Crippen molar-refractivity contribution >= 4 is 19.2 Å². The van der Waals surface area contributed by atoms with Gasteiger partial charge in [0.15, 0.2) is 8.32 Å². The molecule has 0 saturated heterocycles. The molecule has 1 atom stereocenters. The Morgan fingerprint density at radius 1 is 0.923 bits per heavy atom. The predicted octanol–water partition coefficient (Wildman–Crippen LogP) is 6.71. The molecule has 0 bridgehead atoms. The molecule has 206 valence electrons. The smallest absolute Gasteiger partial charge is 0.248 e. The van der Waals surface area contributed by atoms with Crippen LogP contribution in [0.15, 0.2) is 83.7 Å². The second-order valence-electron chi connectivity index (χ2n) is 11.5. The number of aromatic amines is 1. The number of hydrogen-bond donors (Lipinski definition) is 3. The summed E-state index contributed by atoms with van der Waals surface area (Å²) in [4.78, 5) is 15.4. The third kappa shape index (κ3) is 7.38. The first kappa shape index (κ1) is 28.6. The number of phenolic OH excluding ortho intramolecular Hbond substituents is 1. The first-order valence-corrected chi connectivity index (χ1v) is 16.4. The van der Waals surface area contributed by atoms with Gasteiger partial charge in [-0.15, -0.1) is 0 Å². The molecule has 6 nitrogen and oxygen atoms in total. The van der Waals surface area contributed by atoms with E-state index in [4.69, 9.17) is 9.16 Å². The first-order chi connectivity index (χ1) is 18.5. The Morgan fingerprint density at radius 3 is 2.33 bits per heavy atom. The van der Waals surface area contributed by atoms with Crippen molar-refractivity contribution in [1.29, 1.82) is 0 Å². The van der Waals surface area contributed by atoms with Gasteiger partial charge in [-0.05, 0) is 72.1 Å². The highest BCUT2D eigenvalue weighted by Gasteiger charge is 2.39. The Balaban J connectivity index is 1.61. The minimum Gasteiger partial charge on any atom is -0.508 e. The number of hydrogen-bond acceptors (Lipinski definition) is 5. The van der Waals surface area contributed by atoms with Gasteiger partial charge in [0.1, 0.15) is 18.1 Å². The van der Waals surface area contributed by atoms with Gasteiger partial charge in [0.05, 0.1) is 11.6 Å². The summed E-state index contributed by atoms with van der Waals surface area (Å²) in [6.07, 6.45) is 0.634. The zero-order chi connectivity index (χ0) is 28.0. The molecule has 4 rings (SSSR count). The highest BCUT2D eigenvalue weighted by atomic mass is 28.4. The number of fused-ring (bicyclic) bond motifs is 1. The minimum absolute atomic E-state index is 0.0418. The van der Waals surface area contributed by atoms with Crippen LogP contribution in [0.5, 0.6) is 11.5 Å². The topological polar surface area (TPSA) is 83.6 Å². The molecule has 0 amide bonds. The zero-order valence-electron chi connectivity index (χ0n) is 23.6. The summed E-state index contributed by atoms with van der Waals surface area (Å²) in [5.41, 5.74) is 3.76. The Hall–Kier alpha value is -3.39. The highest BCUT2D eigenvalue weighted by molar-refractivity contribution is 6.74. The summed E-state index contributed by atoms with van der Waals surface area (Å²) in [5.74, 6) is 0.914. The molecule has 3 N–H and O–H groups in total. The lowest BCUT2D eigenvalue weighted by molar-refractivity contribution is 0.182. The van der Waals surface area contributed by atoms with Crippen LogP contribution in [0.3, 0.4) is 0 Å². The van der Waals surface area contributed by atoms with E-state index >= 15 is 0 Å². The van der Waals surface area contributed by atoms with E-state index in [1.807, 2.05) is 54.6 Å². The number of nitrogens with one attached hydrogen (secondary N) is 2. The lowest BCUT2D eigenvalue weighted by atomic mass is 10.0. The number of ether oxygens (including phenoxy) is 1. The summed E-state index contributed by atoms with van der Waals surface area (Å²) in [7, 11) is -2.12. The number of H-pyrrole nitrogens is 1. The van der Waals surface area contributed by atoms with Crippen molar-refractivity contribution in [2.45, 2.75) is 58.0 Å². The summed E-state index contributed by atoms with van der Waals surface area (Å²) < 4.78 is 13.1. The molecule has 1 aromatic heterocycles. The largest absolute Gasteiger partial charge is 0.508 e. The van der Waals surface area contributed by atoms with Crippen molar-refractivity contribution < 1.29 is 14.3 Å². The Bertz CT molecular complexity index is 1430. The third-order valence-corrected chi connectivity index (χ3v) is 12.1. The van der Waals surface area contributed by atoms with Gasteiger partial charge < -0.3 is 24.6 Å². The van der Waals surface area contributed by atoms with E-state index in [1.165, 1.54) is 0 Å². The number of pyridine rings is 1. The van der Waals surface area contributed by atoms with E-state index in [9.17, 15) is 9.90 Å². The van der Waals surface area contributed by atoms with Gasteiger partial charge in [0, 0.05) is 18.0 Å². The van der Waals surface area contributed by atoms with Gasteiger partial charge in [-0.25, -0.2) is 0 Å². The van der Waals surface area contributed by atoms with Crippen molar-refractivity contribution in [2.24, 2.45) is 0 Å². The van der Waals surface area contributed by atoms with Crippen molar-refractivity contribution in [3.05, 3.63) is 106 Å². The molecule has 4 aromatic rings. The van der Waals surface area contributed by atoms with E-state index in [1.54, 1.807) is 18.2 Å². The van der Waals surface area contributed by atoms with E-state index < -0.39 is 8.32 Å². The molecule has 0 aliphatic rings. The van der Waals surface area contributed by atoms with Crippen LogP contribution in [0.1, 0.15) is 43.6 Å². The summed E-state index contributed by atoms with van der Waals surface area (Å²) >= 11 is 0. The lowest BCUT2D eigenvalue weighted by Gasteiger charge is -2.39. The molecule has 0 spiro atoms. The fourth-order valence-electron chi connectivity index (χ4n) is 4.26. The average molecular weight is 545 g/mol. The molecule has 0 saturated carbocycles. The van der Waals surface area contributed by atoms with Crippen molar-refractivity contribution in [3.8, 4) is 11.5 Å². The molecule has 1 heterocycles. The average Bonchev–Trinajstić information content (AvgIpc) is 2.90. The molecular weight excluding hydrogens is 504 g/mol. The number of aromatic hydroxyl groups is 1. The molecular formula is C32H40N2O4Si. The molecule has 0 aliphatic heterocycles. The van der Waals surface area contributed by atoms with Crippen LogP contribution < -0.4 is 15.6 Å². The van der Waals surface area contributed by atoms with Crippen LogP contribution in [-0.2, 0) is 17.5 Å². The number of rotatable bonds is 11. The minimum atomic E-state index is -2.12. The van der Waals surface area contributed by atoms with Gasteiger partial charge in [-0.3, -0.25) is 4.79 Å². The van der Waals surface area contributed by atoms with Crippen molar-refractivity contribution in [2.75, 3.05) is 13.1 Å². The molecule has 0 fully saturated rings. The van der Waals surface area contributed by atoms with Gasteiger partial charge in [-0.1, -0.05) is 69.3 Å². The van der Waals surface area contributed by atoms with Gasteiger partial charge in [0.25, 0.3) is 0 Å². The second kappa shape index (κ2) is 12.2. The normalized spacial score (nSPS) is 12.9. The Kier molecular flexibility index (Phi) is 8.95. The maximum atomic E-state index is 12.4. The second-order valence-corrected chi connectivity index (χ2v) is 16.3. The van der Waals surface area contributed by atoms with E-state index in [0.717, 1.165) is 35.0 Å². The number of aromatic nitrogens is 1. The van der Waals surface area contributed by atoms with Crippen molar-refractivity contribution in [3.63, 3.8) is 0 Å². The van der Waals surface area contributed by atoms with Crippen molar-refractivity contribution in [1.82, 2.24) is 10.3 Å². The number of phenols is 1. The molecule has 3 aromatic carbocycles. The van der Waals surface area contributed by atoms with Crippen LogP contribution in [-0.4, -0.2) is 31.5 Å². The SMILES string of the molecule is CC(C)(C)[Si](C)(C)O[C@@H](CNCCc1ccc(O)cc1)c1ccc(OCc2ccccc2)c2[nH]c(=O)ccc12. The van der Waals surface area contributed by atoms with Gasteiger partial charge >= 0.3 is 0 Å². The fraction of sp³-hybridized carbons (Fsp3) is 0.344. The highest BCUT2D eigenvalue weighted by Crippen LogP contribution is 2.41. The lowest BCUT2D eigenvalue weighted by Crippen LogP contribution is -2.43. The summed E-state index contributed by atoms with van der Waals surface area (Å²) in [6.45, 7) is 13.1. The standard InChI is InChI=1S/C32H40N2O4Si/c1-32(2,3)39(4,5)38-29(21-33-20-19-23-11-13-25(35)14-12-23)26-15-17-28(31-27(26)16-18-30(36)34-31)37-22-24-9-7-6-8-10-24/h6-18,29,33,35H,19-22H2,1-5H3,(H,34,36)/t29-/m0/s1. The van der Waals surface area contributed by atoms with E-state index in [2.05, 4.69) is 50.2 Å². The van der Waals surface area contributed by atoms with Crippen LogP contribution in [0, 0.1) is 0 Å². The van der Waals surface area contributed by atoms with Crippen LogP contribution in [0.4, 0.5) is 0 Å². The maximum Gasteiger partial charge on any atom is 0.248 e. The molecule has 0 aliphatic carbocycles. The first-order valence-electron chi connectivity index (χ1n) is 13.5. The fourth-order valence-corrected chi connectivity index (χ4v) is 5.54. The maximum absolute atomic E-state index is 12.4. The zero-order valence-corrected chi connectivity index (χ0v) is 24.6. The van der Waals surface area contributed by atoms with Gasteiger partial charge in [0.2, 0.25) is 5.56 Å². The molecule has 0 unspecified atom stereocenters. The third-order valence-electron chi connectivity index (χ3n) is 7.57. The molecule has 0 radical (unpaired) electrons. The van der Waals surface area contributed by atoms with Crippen LogP contribution in [0.25, 0.3) is 10.9 Å². The molecule has 39 heavy (non-hydrogen) atoms. The Morgan fingerprint density at radius 2 is 1.64 bits per heavy atom. The summed E-state index contributed by atoms with van der Waals surface area (Å²) in [5, 5.41) is 14.1. The number of benzene rings is 3. The van der Waals surface area contributed by atoms with E-state index in [0.29, 0.717) is 24.4 Å². The Labute approximate surface area is 232 Å². The predicted molar refractivity (Wildman–Crippen MR) is 161 cm³/mol. The summed E-state index contributed by atoms with van der Waals surface area (Å²) in [6, 6.07) is 24.8. The molecule has 7 heteroatoms. The van der Waals surface area contributed by atoms with Crippen LogP contribution >= 0.6 is 0 Å².